The van der Waals surface area contributed by atoms with Crippen LogP contribution in [-0.4, -0.2) is 55.7 Å². The number of carbonyl (C=O) groups excluding carboxylic acids is 2. The minimum Gasteiger partial charge on any atom is -0.450 e. The number of hydrogen-bond donors (Lipinski definition) is 2. The van der Waals surface area contributed by atoms with Crippen molar-refractivity contribution in [3.63, 3.8) is 0 Å². The van der Waals surface area contributed by atoms with Gasteiger partial charge in [-0.3, -0.25) is 4.79 Å². The van der Waals surface area contributed by atoms with E-state index in [-0.39, 0.29) is 18.0 Å². The maximum Gasteiger partial charge on any atom is 0.407 e. The van der Waals surface area contributed by atoms with Gasteiger partial charge in [0.25, 0.3) is 5.91 Å². The molecule has 2 aromatic rings. The lowest BCUT2D eigenvalue weighted by atomic mass is 9.90. The van der Waals surface area contributed by atoms with Crippen LogP contribution >= 0.6 is 11.3 Å². The Morgan fingerprint density at radius 3 is 2.67 bits per heavy atom. The second kappa shape index (κ2) is 11.2. The van der Waals surface area contributed by atoms with E-state index in [0.29, 0.717) is 25.6 Å². The van der Waals surface area contributed by atoms with Crippen LogP contribution in [0.2, 0.25) is 0 Å². The van der Waals surface area contributed by atoms with Crippen molar-refractivity contribution in [3.8, 4) is 10.4 Å². The Morgan fingerprint density at radius 1 is 1.18 bits per heavy atom. The topological polar surface area (TPSA) is 70.7 Å². The molecule has 7 heteroatoms. The van der Waals surface area contributed by atoms with Gasteiger partial charge in [-0.15, -0.1) is 11.3 Å². The molecule has 2 fully saturated rings. The number of alkyl carbamates (subject to hydrolysis) is 1. The van der Waals surface area contributed by atoms with E-state index >= 15 is 0 Å². The smallest absolute Gasteiger partial charge is 0.407 e. The first-order valence-electron chi connectivity index (χ1n) is 12.2. The van der Waals surface area contributed by atoms with E-state index in [1.807, 2.05) is 11.8 Å². The SMILES string of the molecule is CCCCOC(=O)N[C@H]1CCN(C(=O)c2sc(-c3ccc(C4CCNCC4)cc3)cc2C)C1. The molecule has 1 aromatic carbocycles. The molecular formula is C26H35N3O3S. The van der Waals surface area contributed by atoms with Crippen LogP contribution in [-0.2, 0) is 4.74 Å². The van der Waals surface area contributed by atoms with Crippen LogP contribution in [0.5, 0.6) is 0 Å². The zero-order valence-electron chi connectivity index (χ0n) is 19.7. The molecule has 3 heterocycles. The predicted octanol–water partition coefficient (Wildman–Crippen LogP) is 4.93. The van der Waals surface area contributed by atoms with Gasteiger partial charge in [0.05, 0.1) is 17.5 Å². The van der Waals surface area contributed by atoms with Crippen LogP contribution in [0.3, 0.4) is 0 Å². The fourth-order valence-electron chi connectivity index (χ4n) is 4.64. The molecule has 2 amide bonds. The Bertz CT molecular complexity index is 950. The lowest BCUT2D eigenvalue weighted by Gasteiger charge is -2.23. The maximum absolute atomic E-state index is 13.2. The zero-order valence-corrected chi connectivity index (χ0v) is 20.5. The normalized spacial score (nSPS) is 19.0. The van der Waals surface area contributed by atoms with E-state index in [1.54, 1.807) is 11.3 Å². The number of piperidine rings is 1. The molecule has 33 heavy (non-hydrogen) atoms. The summed E-state index contributed by atoms with van der Waals surface area (Å²) in [6.07, 6.45) is 4.61. The van der Waals surface area contributed by atoms with Crippen LogP contribution in [0.4, 0.5) is 4.79 Å². The molecule has 0 unspecified atom stereocenters. The Labute approximate surface area is 200 Å². The van der Waals surface area contributed by atoms with Crippen LogP contribution < -0.4 is 10.6 Å². The van der Waals surface area contributed by atoms with Crippen molar-refractivity contribution in [2.45, 2.75) is 57.9 Å². The van der Waals surface area contributed by atoms with Crippen LogP contribution in [0.1, 0.15) is 65.7 Å². The molecule has 2 aliphatic heterocycles. The number of carbonyl (C=O) groups is 2. The third-order valence-electron chi connectivity index (χ3n) is 6.65. The summed E-state index contributed by atoms with van der Waals surface area (Å²) in [5, 5.41) is 6.32. The van der Waals surface area contributed by atoms with Crippen molar-refractivity contribution in [2.75, 3.05) is 32.8 Å². The lowest BCUT2D eigenvalue weighted by Crippen LogP contribution is -2.38. The molecule has 1 aromatic heterocycles. The molecule has 0 spiro atoms. The molecule has 6 nitrogen and oxygen atoms in total. The van der Waals surface area contributed by atoms with Gasteiger partial charge >= 0.3 is 6.09 Å². The summed E-state index contributed by atoms with van der Waals surface area (Å²) in [6.45, 7) is 7.87. The first kappa shape index (κ1) is 23.8. The lowest BCUT2D eigenvalue weighted by molar-refractivity contribution is 0.0791. The molecule has 0 aliphatic carbocycles. The minimum absolute atomic E-state index is 0.0506. The summed E-state index contributed by atoms with van der Waals surface area (Å²) in [6, 6.07) is 10.9. The number of likely N-dealkylation sites (tertiary alicyclic amines) is 1. The van der Waals surface area contributed by atoms with E-state index in [1.165, 1.54) is 18.4 Å². The molecular weight excluding hydrogens is 434 g/mol. The zero-order chi connectivity index (χ0) is 23.2. The summed E-state index contributed by atoms with van der Waals surface area (Å²) in [5.74, 6) is 0.696. The largest absolute Gasteiger partial charge is 0.450 e. The molecule has 0 saturated carbocycles. The van der Waals surface area contributed by atoms with Gasteiger partial charge in [0.2, 0.25) is 0 Å². The average molecular weight is 470 g/mol. The second-order valence-electron chi connectivity index (χ2n) is 9.14. The van der Waals surface area contributed by atoms with Crippen LogP contribution in [0.15, 0.2) is 30.3 Å². The van der Waals surface area contributed by atoms with Gasteiger partial charge in [-0.25, -0.2) is 4.79 Å². The maximum atomic E-state index is 13.2. The van der Waals surface area contributed by atoms with Gasteiger partial charge in [-0.1, -0.05) is 37.6 Å². The number of aryl methyl sites for hydroxylation is 1. The highest BCUT2D eigenvalue weighted by atomic mass is 32.1. The molecule has 2 aliphatic rings. The number of nitrogens with zero attached hydrogens (tertiary/aromatic N) is 1. The number of hydrogen-bond acceptors (Lipinski definition) is 5. The van der Waals surface area contributed by atoms with Crippen molar-refractivity contribution in [1.29, 1.82) is 0 Å². The van der Waals surface area contributed by atoms with Gasteiger partial charge in [0.15, 0.2) is 0 Å². The Morgan fingerprint density at radius 2 is 1.94 bits per heavy atom. The first-order valence-corrected chi connectivity index (χ1v) is 13.0. The third-order valence-corrected chi connectivity index (χ3v) is 7.92. The summed E-state index contributed by atoms with van der Waals surface area (Å²) in [5.41, 5.74) is 3.59. The van der Waals surface area contributed by atoms with Crippen molar-refractivity contribution in [2.24, 2.45) is 0 Å². The fourth-order valence-corrected chi connectivity index (χ4v) is 5.78. The second-order valence-corrected chi connectivity index (χ2v) is 10.2. The summed E-state index contributed by atoms with van der Waals surface area (Å²) in [7, 11) is 0. The highest BCUT2D eigenvalue weighted by molar-refractivity contribution is 7.17. The summed E-state index contributed by atoms with van der Waals surface area (Å²) in [4.78, 5) is 28.9. The molecule has 0 radical (unpaired) electrons. The number of benzene rings is 1. The number of amides is 2. The van der Waals surface area contributed by atoms with E-state index in [2.05, 4.69) is 47.9 Å². The van der Waals surface area contributed by atoms with E-state index in [4.69, 9.17) is 4.74 Å². The Balaban J connectivity index is 1.36. The monoisotopic (exact) mass is 469 g/mol. The molecule has 2 saturated heterocycles. The molecule has 1 atom stereocenters. The van der Waals surface area contributed by atoms with Crippen molar-refractivity contribution >= 4 is 23.3 Å². The molecule has 2 N–H and O–H groups in total. The van der Waals surface area contributed by atoms with E-state index < -0.39 is 0 Å². The van der Waals surface area contributed by atoms with E-state index in [9.17, 15) is 9.59 Å². The van der Waals surface area contributed by atoms with Crippen molar-refractivity contribution < 1.29 is 14.3 Å². The highest BCUT2D eigenvalue weighted by Gasteiger charge is 2.30. The Hall–Kier alpha value is -2.38. The van der Waals surface area contributed by atoms with Gasteiger partial charge in [0.1, 0.15) is 0 Å². The van der Waals surface area contributed by atoms with E-state index in [0.717, 1.165) is 53.2 Å². The molecule has 178 valence electrons. The number of rotatable bonds is 7. The minimum atomic E-state index is -0.384. The van der Waals surface area contributed by atoms with Crippen LogP contribution in [0, 0.1) is 6.92 Å². The molecule has 4 rings (SSSR count). The Kier molecular flexibility index (Phi) is 8.04. The van der Waals surface area contributed by atoms with Gasteiger partial charge < -0.3 is 20.3 Å². The average Bonchev–Trinajstić information content (AvgIpc) is 3.46. The number of thiophene rings is 1. The molecule has 0 bridgehead atoms. The first-order chi connectivity index (χ1) is 16.0. The van der Waals surface area contributed by atoms with Crippen molar-refractivity contribution in [1.82, 2.24) is 15.5 Å². The predicted molar refractivity (Wildman–Crippen MR) is 133 cm³/mol. The number of unbranched alkanes of at least 4 members (excludes halogenated alkanes) is 1. The highest BCUT2D eigenvalue weighted by Crippen LogP contribution is 2.34. The van der Waals surface area contributed by atoms with Crippen LogP contribution in [0.25, 0.3) is 10.4 Å². The number of nitrogens with one attached hydrogen (secondary N) is 2. The summed E-state index contributed by atoms with van der Waals surface area (Å²) >= 11 is 1.56. The third kappa shape index (κ3) is 5.95. The summed E-state index contributed by atoms with van der Waals surface area (Å²) < 4.78 is 5.19. The fraction of sp³-hybridized carbons (Fsp3) is 0.538. The number of ether oxygens (including phenoxy) is 1. The van der Waals surface area contributed by atoms with Gasteiger partial charge in [-0.2, -0.15) is 0 Å². The quantitative estimate of drug-likeness (QED) is 0.564. The van der Waals surface area contributed by atoms with Gasteiger partial charge in [0, 0.05) is 18.0 Å². The van der Waals surface area contributed by atoms with Crippen molar-refractivity contribution in [3.05, 3.63) is 46.3 Å². The van der Waals surface area contributed by atoms with Gasteiger partial charge in [-0.05, 0) is 74.4 Å². The standard InChI is InChI=1S/C26H35N3O3S/c1-3-4-15-32-26(31)28-22-11-14-29(17-22)25(30)24-18(2)16-23(33-24)21-7-5-19(6-8-21)20-9-12-27-13-10-20/h5-8,16,20,22,27H,3-4,9-15,17H2,1-2H3,(H,28,31)/t22-/m0/s1.